The molecule has 6 nitrogen and oxygen atoms in total. The molecule has 0 aliphatic heterocycles. The highest BCUT2D eigenvalue weighted by Gasteiger charge is 2.19. The van der Waals surface area contributed by atoms with E-state index in [0.717, 1.165) is 148 Å². The highest BCUT2D eigenvalue weighted by atomic mass is 16.6. The van der Waals surface area contributed by atoms with Crippen molar-refractivity contribution in [1.29, 1.82) is 0 Å². The van der Waals surface area contributed by atoms with Gasteiger partial charge in [-0.25, -0.2) is 0 Å². The maximum Gasteiger partial charge on any atom is 0.306 e. The average molecular weight is 1090 g/mol. The molecule has 440 valence electrons. The van der Waals surface area contributed by atoms with Crippen molar-refractivity contribution in [3.8, 4) is 0 Å². The van der Waals surface area contributed by atoms with Crippen molar-refractivity contribution in [2.24, 2.45) is 0 Å². The predicted octanol–water partition coefficient (Wildman–Crippen LogP) is 21.7. The third-order valence-electron chi connectivity index (χ3n) is 12.4. The van der Waals surface area contributed by atoms with Crippen molar-refractivity contribution in [3.05, 3.63) is 182 Å². The molecule has 0 aromatic carbocycles. The maximum atomic E-state index is 12.9. The molecular formula is C73H112O6. The van der Waals surface area contributed by atoms with Gasteiger partial charge in [0.05, 0.1) is 0 Å². The molecular weight excluding hydrogens is 973 g/mol. The predicted molar refractivity (Wildman–Crippen MR) is 343 cm³/mol. The quantitative estimate of drug-likeness (QED) is 0.0261. The highest BCUT2D eigenvalue weighted by Crippen LogP contribution is 2.14. The number of carbonyl (C=O) groups is 3. The Kier molecular flexibility index (Phi) is 60.5. The van der Waals surface area contributed by atoms with Crippen LogP contribution in [-0.4, -0.2) is 37.2 Å². The van der Waals surface area contributed by atoms with Crippen LogP contribution in [-0.2, 0) is 28.6 Å². The van der Waals surface area contributed by atoms with Gasteiger partial charge in [0.25, 0.3) is 0 Å². The van der Waals surface area contributed by atoms with E-state index in [9.17, 15) is 14.4 Å². The number of ether oxygens (including phenoxy) is 3. The number of allylic oxidation sites excluding steroid dienone is 30. The van der Waals surface area contributed by atoms with E-state index in [1.54, 1.807) is 0 Å². The molecule has 0 aliphatic carbocycles. The van der Waals surface area contributed by atoms with E-state index in [2.05, 4.69) is 203 Å². The molecule has 1 atom stereocenters. The van der Waals surface area contributed by atoms with Crippen LogP contribution < -0.4 is 0 Å². The van der Waals surface area contributed by atoms with Gasteiger partial charge in [0.15, 0.2) is 6.10 Å². The molecule has 1 unspecified atom stereocenters. The third-order valence-corrected chi connectivity index (χ3v) is 12.4. The molecule has 0 aliphatic rings. The van der Waals surface area contributed by atoms with Crippen LogP contribution >= 0.6 is 0 Å². The lowest BCUT2D eigenvalue weighted by atomic mass is 10.1. The lowest BCUT2D eigenvalue weighted by Crippen LogP contribution is -2.30. The van der Waals surface area contributed by atoms with Crippen LogP contribution in [0.3, 0.4) is 0 Å². The third kappa shape index (κ3) is 63.2. The molecule has 0 heterocycles. The molecule has 0 saturated carbocycles. The number of carbonyl (C=O) groups excluding carboxylic acids is 3. The zero-order chi connectivity index (χ0) is 57.1. The zero-order valence-corrected chi connectivity index (χ0v) is 50.3. The molecule has 0 bridgehead atoms. The first-order valence-corrected chi connectivity index (χ1v) is 31.3. The normalized spacial score (nSPS) is 13.4. The van der Waals surface area contributed by atoms with E-state index in [1.807, 2.05) is 0 Å². The van der Waals surface area contributed by atoms with Gasteiger partial charge in [-0.1, -0.05) is 248 Å². The van der Waals surface area contributed by atoms with Crippen LogP contribution in [0.1, 0.15) is 239 Å². The number of rotatable bonds is 54. The van der Waals surface area contributed by atoms with Crippen LogP contribution in [0.15, 0.2) is 182 Å². The Labute approximate surface area is 484 Å². The number of unbranched alkanes of at least 4 members (excludes halogenated alkanes) is 13. The number of esters is 3. The molecule has 0 aromatic rings. The SMILES string of the molecule is CC/C=C\C/C=C\C/C=C\C/C=C\C/C=C\C/C=C\C/C=C\CCCCCCCCCCCC(=O)OCC(COC(=O)CCCC/C=C\C/C=C\C/C=C\C/C=C\CC)OC(=O)CCCC/C=C\C/C=C\C/C=C\C/C=C\CC. The van der Waals surface area contributed by atoms with Gasteiger partial charge >= 0.3 is 17.9 Å². The van der Waals surface area contributed by atoms with Gasteiger partial charge in [-0.3, -0.25) is 14.4 Å². The summed E-state index contributed by atoms with van der Waals surface area (Å²) in [5.74, 6) is -1.02. The van der Waals surface area contributed by atoms with Gasteiger partial charge < -0.3 is 14.2 Å². The van der Waals surface area contributed by atoms with Gasteiger partial charge in [-0.2, -0.15) is 0 Å². The molecule has 6 heteroatoms. The molecule has 0 radical (unpaired) electrons. The van der Waals surface area contributed by atoms with Gasteiger partial charge in [0, 0.05) is 19.3 Å². The van der Waals surface area contributed by atoms with Crippen molar-refractivity contribution in [2.75, 3.05) is 13.2 Å². The van der Waals surface area contributed by atoms with Crippen LogP contribution in [0, 0.1) is 0 Å². The first kappa shape index (κ1) is 73.5. The standard InChI is InChI=1S/C73H112O6/c1-4-7-10-13-16-19-22-25-28-29-30-31-32-33-34-35-36-37-38-39-40-41-42-43-46-48-51-54-57-60-63-66-72(75)78-69-70(79-73(76)67-64-61-58-55-52-49-45-27-24-21-18-15-12-9-6-3)68-77-71(74)65-62-59-56-53-50-47-44-26-23-20-17-14-11-8-5-2/h7-12,16-21,25-28,30-31,33-34,36-37,39-40,44-45,50,52-53,55,70H,4-6,13-15,22-24,29,32,35,38,41-43,46-49,51,54,56-69H2,1-3H3/b10-7-,11-8-,12-9-,19-16-,20-17-,21-18-,28-25-,31-30-,34-33-,37-36-,40-39-,44-26-,45-27-,53-50-,55-52-. The fraction of sp³-hybridized carbons (Fsp3) is 0.548. The minimum atomic E-state index is -0.830. The van der Waals surface area contributed by atoms with Crippen molar-refractivity contribution < 1.29 is 28.6 Å². The summed E-state index contributed by atoms with van der Waals surface area (Å²) < 4.78 is 16.8. The van der Waals surface area contributed by atoms with Crippen LogP contribution in [0.4, 0.5) is 0 Å². The fourth-order valence-electron chi connectivity index (χ4n) is 7.81. The van der Waals surface area contributed by atoms with Crippen molar-refractivity contribution >= 4 is 17.9 Å². The lowest BCUT2D eigenvalue weighted by molar-refractivity contribution is -0.167. The van der Waals surface area contributed by atoms with Crippen molar-refractivity contribution in [2.45, 2.75) is 245 Å². The summed E-state index contributed by atoms with van der Waals surface area (Å²) in [4.78, 5) is 38.2. The summed E-state index contributed by atoms with van der Waals surface area (Å²) in [7, 11) is 0. The molecule has 0 fully saturated rings. The summed E-state index contributed by atoms with van der Waals surface area (Å²) in [5, 5.41) is 0. The van der Waals surface area contributed by atoms with Gasteiger partial charge in [0.2, 0.25) is 0 Å². The number of hydrogen-bond donors (Lipinski definition) is 0. The minimum absolute atomic E-state index is 0.120. The Morgan fingerprint density at radius 2 is 0.456 bits per heavy atom. The Morgan fingerprint density at radius 3 is 0.734 bits per heavy atom. The summed E-state index contributed by atoms with van der Waals surface area (Å²) in [5.41, 5.74) is 0. The molecule has 0 spiro atoms. The highest BCUT2D eigenvalue weighted by molar-refractivity contribution is 5.71. The van der Waals surface area contributed by atoms with Gasteiger partial charge in [-0.15, -0.1) is 0 Å². The van der Waals surface area contributed by atoms with Gasteiger partial charge in [0.1, 0.15) is 13.2 Å². The van der Waals surface area contributed by atoms with E-state index < -0.39 is 6.10 Å². The zero-order valence-electron chi connectivity index (χ0n) is 50.3. The molecule has 0 N–H and O–H groups in total. The Bertz CT molecular complexity index is 1870. The second kappa shape index (κ2) is 65.0. The molecule has 79 heavy (non-hydrogen) atoms. The van der Waals surface area contributed by atoms with Gasteiger partial charge in [-0.05, 0) is 154 Å². The van der Waals surface area contributed by atoms with Crippen LogP contribution in [0.2, 0.25) is 0 Å². The summed E-state index contributed by atoms with van der Waals surface area (Å²) >= 11 is 0. The average Bonchev–Trinajstić information content (AvgIpc) is 3.45. The fourth-order valence-corrected chi connectivity index (χ4v) is 7.81. The first-order chi connectivity index (χ1) is 39.0. The minimum Gasteiger partial charge on any atom is -0.462 e. The largest absolute Gasteiger partial charge is 0.462 e. The lowest BCUT2D eigenvalue weighted by Gasteiger charge is -2.18. The topological polar surface area (TPSA) is 78.9 Å². The number of hydrogen-bond acceptors (Lipinski definition) is 6. The van der Waals surface area contributed by atoms with Crippen molar-refractivity contribution in [1.82, 2.24) is 0 Å². The summed E-state index contributed by atoms with van der Waals surface area (Å²) in [6.45, 7) is 6.20. The van der Waals surface area contributed by atoms with E-state index >= 15 is 0 Å². The van der Waals surface area contributed by atoms with E-state index in [4.69, 9.17) is 14.2 Å². The smallest absolute Gasteiger partial charge is 0.306 e. The molecule has 0 aromatic heterocycles. The summed E-state index contributed by atoms with van der Waals surface area (Å²) in [6, 6.07) is 0. The second-order valence-corrected chi connectivity index (χ2v) is 19.8. The van der Waals surface area contributed by atoms with Crippen LogP contribution in [0.25, 0.3) is 0 Å². The Morgan fingerprint density at radius 1 is 0.253 bits per heavy atom. The Hall–Kier alpha value is -5.49. The second-order valence-electron chi connectivity index (χ2n) is 19.8. The first-order valence-electron chi connectivity index (χ1n) is 31.3. The van der Waals surface area contributed by atoms with Crippen molar-refractivity contribution in [3.63, 3.8) is 0 Å². The van der Waals surface area contributed by atoms with E-state index in [1.165, 1.54) is 38.5 Å². The Balaban J connectivity index is 4.40. The molecule has 0 amide bonds. The maximum absolute atomic E-state index is 12.9. The monoisotopic (exact) mass is 1080 g/mol. The molecule has 0 saturated heterocycles. The summed E-state index contributed by atoms with van der Waals surface area (Å²) in [6.07, 6.45) is 97.6. The molecule has 0 rings (SSSR count). The van der Waals surface area contributed by atoms with Crippen LogP contribution in [0.5, 0.6) is 0 Å². The van der Waals surface area contributed by atoms with E-state index in [-0.39, 0.29) is 44.0 Å². The van der Waals surface area contributed by atoms with E-state index in [0.29, 0.717) is 19.3 Å².